The molecule has 1 saturated heterocycles. The standard InChI is InChI=1S/C22H27ClFN3O2.ClH/c1-26(2)13-18-14-27(12-16-6-7-19(24)11-20(16)23)9-8-22(18,29)17-5-3-4-15(10-17)21(25)28;/h3-7,10-11,18,29H,8-9,12-14H2,1-2H3,(H2,25,28);1H. The summed E-state index contributed by atoms with van der Waals surface area (Å²) in [4.78, 5) is 15.9. The van der Waals surface area contributed by atoms with Crippen molar-refractivity contribution in [3.63, 3.8) is 0 Å². The van der Waals surface area contributed by atoms with Gasteiger partial charge in [0.1, 0.15) is 5.82 Å². The van der Waals surface area contributed by atoms with Gasteiger partial charge in [-0.1, -0.05) is 29.8 Å². The lowest BCUT2D eigenvalue weighted by molar-refractivity contribution is -0.0862. The van der Waals surface area contributed by atoms with E-state index >= 15 is 0 Å². The highest BCUT2D eigenvalue weighted by Crippen LogP contribution is 2.39. The molecule has 30 heavy (non-hydrogen) atoms. The lowest BCUT2D eigenvalue weighted by atomic mass is 9.75. The number of aliphatic hydroxyl groups is 1. The van der Waals surface area contributed by atoms with E-state index in [1.807, 2.05) is 25.1 Å². The molecule has 2 aromatic rings. The van der Waals surface area contributed by atoms with Crippen molar-refractivity contribution in [2.75, 3.05) is 33.7 Å². The molecule has 2 unspecified atom stereocenters. The van der Waals surface area contributed by atoms with Gasteiger partial charge < -0.3 is 15.7 Å². The molecule has 0 bridgehead atoms. The van der Waals surface area contributed by atoms with Crippen molar-refractivity contribution in [2.24, 2.45) is 11.7 Å². The molecule has 0 aliphatic carbocycles. The van der Waals surface area contributed by atoms with E-state index in [0.717, 1.165) is 5.56 Å². The van der Waals surface area contributed by atoms with Crippen molar-refractivity contribution in [1.82, 2.24) is 9.80 Å². The van der Waals surface area contributed by atoms with Crippen molar-refractivity contribution >= 4 is 29.9 Å². The summed E-state index contributed by atoms with van der Waals surface area (Å²) in [5, 5.41) is 12.1. The average molecular weight is 456 g/mol. The van der Waals surface area contributed by atoms with E-state index in [2.05, 4.69) is 4.90 Å². The van der Waals surface area contributed by atoms with E-state index in [-0.39, 0.29) is 24.1 Å². The molecule has 3 N–H and O–H groups in total. The van der Waals surface area contributed by atoms with E-state index in [4.69, 9.17) is 17.3 Å². The number of primary amides is 1. The molecule has 0 aromatic heterocycles. The summed E-state index contributed by atoms with van der Waals surface area (Å²) in [6.45, 7) is 2.55. The van der Waals surface area contributed by atoms with Crippen LogP contribution in [0.3, 0.4) is 0 Å². The van der Waals surface area contributed by atoms with Crippen LogP contribution in [0.15, 0.2) is 42.5 Å². The van der Waals surface area contributed by atoms with Gasteiger partial charge in [0.25, 0.3) is 0 Å². The third-order valence-corrected chi connectivity index (χ3v) is 5.96. The van der Waals surface area contributed by atoms with Gasteiger partial charge in [0, 0.05) is 42.7 Å². The predicted octanol–water partition coefficient (Wildman–Crippen LogP) is 3.27. The number of amides is 1. The third kappa shape index (κ3) is 5.50. The van der Waals surface area contributed by atoms with Crippen molar-refractivity contribution in [1.29, 1.82) is 0 Å². The maximum Gasteiger partial charge on any atom is 0.248 e. The van der Waals surface area contributed by atoms with Crippen LogP contribution in [0, 0.1) is 11.7 Å². The Labute approximate surface area is 188 Å². The number of nitrogens with two attached hydrogens (primary N) is 1. The molecule has 2 atom stereocenters. The molecule has 1 aliphatic heterocycles. The first kappa shape index (κ1) is 24.6. The topological polar surface area (TPSA) is 69.8 Å². The average Bonchev–Trinajstić information content (AvgIpc) is 2.66. The van der Waals surface area contributed by atoms with Gasteiger partial charge >= 0.3 is 0 Å². The highest BCUT2D eigenvalue weighted by molar-refractivity contribution is 6.31. The first-order chi connectivity index (χ1) is 13.7. The molecule has 8 heteroatoms. The Morgan fingerprint density at radius 2 is 2.07 bits per heavy atom. The lowest BCUT2D eigenvalue weighted by Crippen LogP contribution is -2.52. The summed E-state index contributed by atoms with van der Waals surface area (Å²) >= 11 is 6.20. The quantitative estimate of drug-likeness (QED) is 0.700. The molecule has 3 rings (SSSR count). The molecular formula is C22H28Cl2FN3O2. The Morgan fingerprint density at radius 1 is 1.33 bits per heavy atom. The molecule has 1 amide bonds. The Hall–Kier alpha value is -1.70. The van der Waals surface area contributed by atoms with Gasteiger partial charge in [0.05, 0.1) is 5.60 Å². The molecule has 5 nitrogen and oxygen atoms in total. The number of benzene rings is 2. The summed E-state index contributed by atoms with van der Waals surface area (Å²) < 4.78 is 13.3. The van der Waals surface area contributed by atoms with Crippen molar-refractivity contribution in [3.05, 3.63) is 70.0 Å². The minimum absolute atomic E-state index is 0. The van der Waals surface area contributed by atoms with E-state index in [1.54, 1.807) is 24.3 Å². The van der Waals surface area contributed by atoms with Gasteiger partial charge in [-0.05, 0) is 55.9 Å². The van der Waals surface area contributed by atoms with Crippen LogP contribution in [-0.2, 0) is 12.1 Å². The van der Waals surface area contributed by atoms with Gasteiger partial charge in [-0.15, -0.1) is 12.4 Å². The lowest BCUT2D eigenvalue weighted by Gasteiger charge is -2.46. The summed E-state index contributed by atoms with van der Waals surface area (Å²) in [5.41, 5.74) is 6.31. The van der Waals surface area contributed by atoms with Gasteiger partial charge in [-0.2, -0.15) is 0 Å². The Bertz CT molecular complexity index is 896. The molecule has 0 radical (unpaired) electrons. The number of rotatable bonds is 6. The van der Waals surface area contributed by atoms with E-state index in [9.17, 15) is 14.3 Å². The fraction of sp³-hybridized carbons (Fsp3) is 0.409. The van der Waals surface area contributed by atoms with Crippen LogP contribution in [0.1, 0.15) is 27.9 Å². The van der Waals surface area contributed by atoms with Crippen LogP contribution in [-0.4, -0.2) is 54.5 Å². The zero-order valence-corrected chi connectivity index (χ0v) is 18.7. The highest BCUT2D eigenvalue weighted by Gasteiger charge is 2.43. The maximum atomic E-state index is 13.3. The third-order valence-electron chi connectivity index (χ3n) is 5.60. The maximum absolute atomic E-state index is 13.3. The summed E-state index contributed by atoms with van der Waals surface area (Å²) in [6, 6.07) is 11.4. The van der Waals surface area contributed by atoms with Gasteiger partial charge in [0.15, 0.2) is 0 Å². The predicted molar refractivity (Wildman–Crippen MR) is 119 cm³/mol. The van der Waals surface area contributed by atoms with Crippen LogP contribution >= 0.6 is 24.0 Å². The minimum Gasteiger partial charge on any atom is -0.385 e. The van der Waals surface area contributed by atoms with Crippen LogP contribution in [0.25, 0.3) is 0 Å². The number of halogens is 3. The van der Waals surface area contributed by atoms with E-state index < -0.39 is 11.5 Å². The van der Waals surface area contributed by atoms with Crippen LogP contribution < -0.4 is 5.73 Å². The van der Waals surface area contributed by atoms with Crippen molar-refractivity contribution in [2.45, 2.75) is 18.6 Å². The largest absolute Gasteiger partial charge is 0.385 e. The molecule has 1 heterocycles. The number of piperidine rings is 1. The number of hydrogen-bond acceptors (Lipinski definition) is 4. The first-order valence-electron chi connectivity index (χ1n) is 9.63. The van der Waals surface area contributed by atoms with Gasteiger partial charge in [-0.3, -0.25) is 9.69 Å². The molecule has 1 aliphatic rings. The minimum atomic E-state index is -1.07. The second kappa shape index (κ2) is 10.1. The molecule has 0 spiro atoms. The van der Waals surface area contributed by atoms with E-state index in [0.29, 0.717) is 48.7 Å². The molecule has 1 fully saturated rings. The molecular weight excluding hydrogens is 428 g/mol. The number of nitrogens with zero attached hydrogens (tertiary/aromatic N) is 2. The molecule has 2 aromatic carbocycles. The van der Waals surface area contributed by atoms with Crippen LogP contribution in [0.5, 0.6) is 0 Å². The number of hydrogen-bond donors (Lipinski definition) is 2. The highest BCUT2D eigenvalue weighted by atomic mass is 35.5. The fourth-order valence-corrected chi connectivity index (χ4v) is 4.32. The van der Waals surface area contributed by atoms with Crippen molar-refractivity contribution in [3.8, 4) is 0 Å². The number of carbonyl (C=O) groups excluding carboxylic acids is 1. The second-order valence-corrected chi connectivity index (χ2v) is 8.46. The number of likely N-dealkylation sites (tertiary alicyclic amines) is 1. The Morgan fingerprint density at radius 3 is 2.70 bits per heavy atom. The van der Waals surface area contributed by atoms with Gasteiger partial charge in [0.2, 0.25) is 5.91 Å². The Balaban J connectivity index is 0.00000320. The summed E-state index contributed by atoms with van der Waals surface area (Å²) in [7, 11) is 3.94. The first-order valence-corrected chi connectivity index (χ1v) is 10.0. The van der Waals surface area contributed by atoms with Crippen LogP contribution in [0.2, 0.25) is 5.02 Å². The molecule has 164 valence electrons. The summed E-state index contributed by atoms with van der Waals surface area (Å²) in [6.07, 6.45) is 0.506. The zero-order chi connectivity index (χ0) is 21.2. The smallest absolute Gasteiger partial charge is 0.248 e. The monoisotopic (exact) mass is 455 g/mol. The normalized spacial score (nSPS) is 22.0. The number of carbonyl (C=O) groups is 1. The summed E-state index contributed by atoms with van der Waals surface area (Å²) in [5.74, 6) is -0.955. The second-order valence-electron chi connectivity index (χ2n) is 8.05. The zero-order valence-electron chi connectivity index (χ0n) is 17.1. The van der Waals surface area contributed by atoms with E-state index in [1.165, 1.54) is 12.1 Å². The van der Waals surface area contributed by atoms with Crippen molar-refractivity contribution < 1.29 is 14.3 Å². The fourth-order valence-electron chi connectivity index (χ4n) is 4.09. The SMILES string of the molecule is CN(C)CC1CN(Cc2ccc(F)cc2Cl)CCC1(O)c1cccc(C(N)=O)c1.Cl. The molecule has 0 saturated carbocycles. The Kier molecular flexibility index (Phi) is 8.25. The van der Waals surface area contributed by atoms with Gasteiger partial charge in [-0.25, -0.2) is 4.39 Å². The van der Waals surface area contributed by atoms with Crippen LogP contribution in [0.4, 0.5) is 4.39 Å².